The van der Waals surface area contributed by atoms with Gasteiger partial charge >= 0.3 is 0 Å². The van der Waals surface area contributed by atoms with Gasteiger partial charge in [-0.2, -0.15) is 0 Å². The zero-order chi connectivity index (χ0) is 12.3. The highest BCUT2D eigenvalue weighted by Crippen LogP contribution is 2.29. The predicted octanol–water partition coefficient (Wildman–Crippen LogP) is 3.80. The second-order valence-corrected chi connectivity index (χ2v) is 5.39. The Hall–Kier alpha value is -0.250. The molecule has 0 spiro atoms. The second kappa shape index (κ2) is 6.07. The zero-order valence-corrected chi connectivity index (χ0v) is 12.3. The van der Waals surface area contributed by atoms with Crippen molar-refractivity contribution in [2.75, 3.05) is 24.6 Å². The Morgan fingerprint density at radius 1 is 1.53 bits per heavy atom. The fraction of sp³-hybridized carbons (Fsp3) is 0.538. The number of ether oxygens (including phenoxy) is 1. The average Bonchev–Trinajstić information content (AvgIpc) is 2.38. The molecule has 1 aliphatic heterocycles. The number of hydrogen-bond acceptors (Lipinski definition) is 2. The largest absolute Gasteiger partial charge is 0.375 e. The zero-order valence-electron chi connectivity index (χ0n) is 9.96. The van der Waals surface area contributed by atoms with E-state index in [4.69, 9.17) is 16.3 Å². The van der Waals surface area contributed by atoms with Crippen molar-refractivity contribution in [3.05, 3.63) is 28.2 Å². The number of anilines is 1. The third-order valence-electron chi connectivity index (χ3n) is 3.10. The maximum absolute atomic E-state index is 5.83. The van der Waals surface area contributed by atoms with Crippen molar-refractivity contribution < 1.29 is 4.74 Å². The smallest absolute Gasteiger partial charge is 0.0748 e. The molecule has 0 amide bonds. The standard InChI is InChI=1S/C13H17BrClNO/c1-2-11-9-16(5-6-17-11)13-4-3-10(8-15)7-12(13)14/h3-4,7,11H,2,5-6,8-9H2,1H3. The van der Waals surface area contributed by atoms with Gasteiger partial charge < -0.3 is 9.64 Å². The third kappa shape index (κ3) is 3.15. The van der Waals surface area contributed by atoms with E-state index in [0.29, 0.717) is 12.0 Å². The van der Waals surface area contributed by atoms with Gasteiger partial charge in [0, 0.05) is 23.4 Å². The van der Waals surface area contributed by atoms with Crippen LogP contribution in [0.2, 0.25) is 0 Å². The van der Waals surface area contributed by atoms with Gasteiger partial charge in [-0.05, 0) is 40.0 Å². The van der Waals surface area contributed by atoms with E-state index in [1.165, 1.54) is 5.69 Å². The number of hydrogen-bond donors (Lipinski definition) is 0. The van der Waals surface area contributed by atoms with Crippen LogP contribution in [0.3, 0.4) is 0 Å². The Labute approximate surface area is 116 Å². The van der Waals surface area contributed by atoms with Crippen molar-refractivity contribution in [1.82, 2.24) is 0 Å². The lowest BCUT2D eigenvalue weighted by Gasteiger charge is -2.34. The number of nitrogens with zero attached hydrogens (tertiary/aromatic N) is 1. The molecule has 1 aromatic carbocycles. The minimum atomic E-state index is 0.350. The summed E-state index contributed by atoms with van der Waals surface area (Å²) in [6.07, 6.45) is 1.41. The number of halogens is 2. The molecule has 0 saturated carbocycles. The Kier molecular flexibility index (Phi) is 4.71. The Bertz CT molecular complexity index is 386. The van der Waals surface area contributed by atoms with E-state index < -0.39 is 0 Å². The van der Waals surface area contributed by atoms with Gasteiger partial charge in [0.2, 0.25) is 0 Å². The molecule has 2 rings (SSSR count). The monoisotopic (exact) mass is 317 g/mol. The molecule has 0 N–H and O–H groups in total. The van der Waals surface area contributed by atoms with Gasteiger partial charge in [-0.25, -0.2) is 0 Å². The van der Waals surface area contributed by atoms with E-state index >= 15 is 0 Å². The molecule has 1 aliphatic rings. The molecule has 2 nitrogen and oxygen atoms in total. The van der Waals surface area contributed by atoms with Crippen LogP contribution in [-0.4, -0.2) is 25.8 Å². The van der Waals surface area contributed by atoms with E-state index in [1.807, 2.05) is 0 Å². The summed E-state index contributed by atoms with van der Waals surface area (Å²) < 4.78 is 6.80. The van der Waals surface area contributed by atoms with Gasteiger partial charge in [0.25, 0.3) is 0 Å². The molecule has 0 aromatic heterocycles. The molecule has 0 aliphatic carbocycles. The van der Waals surface area contributed by atoms with Crippen molar-refractivity contribution in [2.45, 2.75) is 25.3 Å². The number of benzene rings is 1. The lowest BCUT2D eigenvalue weighted by molar-refractivity contribution is 0.0384. The highest BCUT2D eigenvalue weighted by molar-refractivity contribution is 9.10. The summed E-state index contributed by atoms with van der Waals surface area (Å²) in [6, 6.07) is 6.32. The summed E-state index contributed by atoms with van der Waals surface area (Å²) in [5.74, 6) is 0.555. The summed E-state index contributed by atoms with van der Waals surface area (Å²) in [4.78, 5) is 2.37. The molecule has 1 fully saturated rings. The van der Waals surface area contributed by atoms with Crippen LogP contribution in [0.1, 0.15) is 18.9 Å². The molecule has 4 heteroatoms. The molecule has 0 radical (unpaired) electrons. The van der Waals surface area contributed by atoms with E-state index in [-0.39, 0.29) is 0 Å². The minimum Gasteiger partial charge on any atom is -0.375 e. The third-order valence-corrected chi connectivity index (χ3v) is 4.04. The van der Waals surface area contributed by atoms with Gasteiger partial charge in [0.15, 0.2) is 0 Å². The lowest BCUT2D eigenvalue weighted by Crippen LogP contribution is -2.42. The lowest BCUT2D eigenvalue weighted by atomic mass is 10.1. The van der Waals surface area contributed by atoms with Gasteiger partial charge in [-0.3, -0.25) is 0 Å². The van der Waals surface area contributed by atoms with Crippen molar-refractivity contribution in [1.29, 1.82) is 0 Å². The van der Waals surface area contributed by atoms with Crippen LogP contribution in [0.25, 0.3) is 0 Å². The van der Waals surface area contributed by atoms with Gasteiger partial charge in [-0.1, -0.05) is 13.0 Å². The van der Waals surface area contributed by atoms with Crippen LogP contribution in [0.5, 0.6) is 0 Å². The molecule has 1 aromatic rings. The molecule has 94 valence electrons. The summed E-state index contributed by atoms with van der Waals surface area (Å²) in [5, 5.41) is 0. The van der Waals surface area contributed by atoms with E-state index in [0.717, 1.165) is 36.2 Å². The number of morpholine rings is 1. The van der Waals surface area contributed by atoms with Crippen molar-refractivity contribution >= 4 is 33.2 Å². The molecular formula is C13H17BrClNO. The van der Waals surface area contributed by atoms with Gasteiger partial charge in [0.05, 0.1) is 18.4 Å². The summed E-state index contributed by atoms with van der Waals surface area (Å²) in [7, 11) is 0. The Morgan fingerprint density at radius 3 is 3.00 bits per heavy atom. The summed E-state index contributed by atoms with van der Waals surface area (Å²) in [6.45, 7) is 4.90. The highest BCUT2D eigenvalue weighted by atomic mass is 79.9. The van der Waals surface area contributed by atoms with Crippen molar-refractivity contribution in [3.63, 3.8) is 0 Å². The van der Waals surface area contributed by atoms with Crippen LogP contribution in [-0.2, 0) is 10.6 Å². The molecule has 17 heavy (non-hydrogen) atoms. The molecule has 0 bridgehead atoms. The SMILES string of the molecule is CCC1CN(c2ccc(CCl)cc2Br)CCO1. The average molecular weight is 319 g/mol. The van der Waals surface area contributed by atoms with Crippen LogP contribution in [0.4, 0.5) is 5.69 Å². The maximum atomic E-state index is 5.83. The van der Waals surface area contributed by atoms with Crippen molar-refractivity contribution in [3.8, 4) is 0 Å². The first kappa shape index (κ1) is 13.2. The maximum Gasteiger partial charge on any atom is 0.0748 e. The van der Waals surface area contributed by atoms with Crippen molar-refractivity contribution in [2.24, 2.45) is 0 Å². The van der Waals surface area contributed by atoms with Gasteiger partial charge in [-0.15, -0.1) is 11.6 Å². The first-order valence-corrected chi connectivity index (χ1v) is 7.28. The topological polar surface area (TPSA) is 12.5 Å². The molecule has 1 atom stereocenters. The second-order valence-electron chi connectivity index (χ2n) is 4.27. The highest BCUT2D eigenvalue weighted by Gasteiger charge is 2.20. The van der Waals surface area contributed by atoms with Gasteiger partial charge in [0.1, 0.15) is 0 Å². The van der Waals surface area contributed by atoms with E-state index in [1.54, 1.807) is 0 Å². The number of alkyl halides is 1. The normalized spacial score (nSPS) is 20.6. The quantitative estimate of drug-likeness (QED) is 0.786. The van der Waals surface area contributed by atoms with Crippen LogP contribution in [0.15, 0.2) is 22.7 Å². The van der Waals surface area contributed by atoms with E-state index in [9.17, 15) is 0 Å². The van der Waals surface area contributed by atoms with Crippen LogP contribution in [0, 0.1) is 0 Å². The molecular weight excluding hydrogens is 302 g/mol. The minimum absolute atomic E-state index is 0.350. The van der Waals surface area contributed by atoms with Crippen LogP contribution >= 0.6 is 27.5 Å². The molecule has 1 saturated heterocycles. The molecule has 1 heterocycles. The predicted molar refractivity (Wildman–Crippen MR) is 75.9 cm³/mol. The Morgan fingerprint density at radius 2 is 2.35 bits per heavy atom. The van der Waals surface area contributed by atoms with E-state index in [2.05, 4.69) is 46.0 Å². The Balaban J connectivity index is 2.16. The number of rotatable bonds is 3. The first-order valence-electron chi connectivity index (χ1n) is 5.95. The van der Waals surface area contributed by atoms with Crippen LogP contribution < -0.4 is 4.90 Å². The first-order chi connectivity index (χ1) is 8.24. The summed E-state index contributed by atoms with van der Waals surface area (Å²) >= 11 is 9.45. The summed E-state index contributed by atoms with van der Waals surface area (Å²) in [5.41, 5.74) is 2.38. The fourth-order valence-corrected chi connectivity index (χ4v) is 2.92. The molecule has 1 unspecified atom stereocenters. The fourth-order valence-electron chi connectivity index (χ4n) is 2.08.